The molecule has 0 radical (unpaired) electrons. The molecule has 1 aromatic carbocycles. The van der Waals surface area contributed by atoms with Gasteiger partial charge in [0.05, 0.1) is 19.3 Å². The zero-order valence-corrected chi connectivity index (χ0v) is 15.2. The van der Waals surface area contributed by atoms with Crippen LogP contribution < -0.4 is 14.8 Å². The number of hydrogen-bond donors (Lipinski definition) is 1. The first-order valence-corrected chi connectivity index (χ1v) is 8.77. The third-order valence-corrected chi connectivity index (χ3v) is 4.03. The molecule has 138 valence electrons. The average Bonchev–Trinajstić information content (AvgIpc) is 3.10. The van der Waals surface area contributed by atoms with Crippen molar-refractivity contribution in [3.05, 3.63) is 23.8 Å². The molecule has 6 nitrogen and oxygen atoms in total. The maximum atomic E-state index is 12.1. The second-order valence-corrected chi connectivity index (χ2v) is 6.70. The van der Waals surface area contributed by atoms with E-state index >= 15 is 0 Å². The lowest BCUT2D eigenvalue weighted by molar-refractivity contribution is -0.124. The van der Waals surface area contributed by atoms with Gasteiger partial charge >= 0.3 is 5.97 Å². The summed E-state index contributed by atoms with van der Waals surface area (Å²) in [5, 5.41) is 2.88. The van der Waals surface area contributed by atoms with Crippen molar-refractivity contribution in [2.24, 2.45) is 5.92 Å². The van der Waals surface area contributed by atoms with Gasteiger partial charge < -0.3 is 19.5 Å². The minimum Gasteiger partial charge on any atom is -0.493 e. The highest BCUT2D eigenvalue weighted by Gasteiger charge is 2.19. The molecular weight excluding hydrogens is 322 g/mol. The van der Waals surface area contributed by atoms with E-state index in [2.05, 4.69) is 19.2 Å². The van der Waals surface area contributed by atoms with Crippen LogP contribution >= 0.6 is 0 Å². The standard InChI is InChI=1S/C19H27NO5/c1-13(2)11-24-16-9-8-14(10-17(16)23-3)19(22)25-12-18(21)20-15-6-4-5-7-15/h8-10,13,15H,4-7,11-12H2,1-3H3,(H,20,21). The van der Waals surface area contributed by atoms with Gasteiger partial charge in [-0.2, -0.15) is 0 Å². The van der Waals surface area contributed by atoms with Gasteiger partial charge in [0.15, 0.2) is 18.1 Å². The van der Waals surface area contributed by atoms with Crippen LogP contribution in [-0.2, 0) is 9.53 Å². The molecule has 1 aliphatic rings. The molecule has 1 saturated carbocycles. The number of rotatable bonds is 8. The fourth-order valence-corrected chi connectivity index (χ4v) is 2.72. The van der Waals surface area contributed by atoms with Crippen molar-refractivity contribution in [3.8, 4) is 11.5 Å². The molecule has 0 unspecified atom stereocenters. The second-order valence-electron chi connectivity index (χ2n) is 6.70. The second kappa shape index (κ2) is 9.30. The molecule has 0 heterocycles. The fraction of sp³-hybridized carbons (Fsp3) is 0.579. The number of amides is 1. The Balaban J connectivity index is 1.88. The Morgan fingerprint density at radius 2 is 1.92 bits per heavy atom. The minimum absolute atomic E-state index is 0.212. The van der Waals surface area contributed by atoms with Gasteiger partial charge in [0.2, 0.25) is 0 Å². The van der Waals surface area contributed by atoms with E-state index in [4.69, 9.17) is 14.2 Å². The van der Waals surface area contributed by atoms with Gasteiger partial charge in [0.25, 0.3) is 5.91 Å². The number of nitrogens with one attached hydrogen (secondary N) is 1. The van der Waals surface area contributed by atoms with Gasteiger partial charge in [-0.15, -0.1) is 0 Å². The molecule has 1 aromatic rings. The largest absolute Gasteiger partial charge is 0.493 e. The first kappa shape index (κ1) is 19.1. The zero-order valence-electron chi connectivity index (χ0n) is 15.2. The number of esters is 1. The lowest BCUT2D eigenvalue weighted by Crippen LogP contribution is -2.35. The van der Waals surface area contributed by atoms with E-state index in [0.29, 0.717) is 29.6 Å². The normalized spacial score (nSPS) is 14.4. The fourth-order valence-electron chi connectivity index (χ4n) is 2.72. The molecular formula is C19H27NO5. The van der Waals surface area contributed by atoms with Crippen LogP contribution in [0.25, 0.3) is 0 Å². The molecule has 0 spiro atoms. The third-order valence-electron chi connectivity index (χ3n) is 4.03. The van der Waals surface area contributed by atoms with Crippen LogP contribution in [0.1, 0.15) is 49.9 Å². The molecule has 0 aliphatic heterocycles. The molecule has 0 atom stereocenters. The number of ether oxygens (including phenoxy) is 3. The van der Waals surface area contributed by atoms with E-state index in [1.165, 1.54) is 7.11 Å². The SMILES string of the molecule is COc1cc(C(=O)OCC(=O)NC2CCCC2)ccc1OCC(C)C. The van der Waals surface area contributed by atoms with Crippen molar-refractivity contribution in [2.45, 2.75) is 45.6 Å². The molecule has 1 aliphatic carbocycles. The Bertz CT molecular complexity index is 593. The summed E-state index contributed by atoms with van der Waals surface area (Å²) >= 11 is 0. The lowest BCUT2D eigenvalue weighted by Gasteiger charge is -2.14. The Hall–Kier alpha value is -2.24. The molecule has 0 bridgehead atoms. The average molecular weight is 349 g/mol. The van der Waals surface area contributed by atoms with Crippen molar-refractivity contribution in [1.29, 1.82) is 0 Å². The van der Waals surface area contributed by atoms with E-state index < -0.39 is 5.97 Å². The maximum absolute atomic E-state index is 12.1. The Labute approximate surface area is 148 Å². The lowest BCUT2D eigenvalue weighted by atomic mass is 10.2. The summed E-state index contributed by atoms with van der Waals surface area (Å²) in [6.07, 6.45) is 4.26. The summed E-state index contributed by atoms with van der Waals surface area (Å²) in [5.41, 5.74) is 0.322. The van der Waals surface area contributed by atoms with Gasteiger partial charge in [-0.3, -0.25) is 4.79 Å². The summed E-state index contributed by atoms with van der Waals surface area (Å²) < 4.78 is 16.0. The molecule has 1 amide bonds. The molecule has 1 fully saturated rings. The molecule has 0 saturated heterocycles. The topological polar surface area (TPSA) is 73.9 Å². The highest BCUT2D eigenvalue weighted by Crippen LogP contribution is 2.28. The highest BCUT2D eigenvalue weighted by molar-refractivity contribution is 5.92. The number of carbonyl (C=O) groups is 2. The zero-order chi connectivity index (χ0) is 18.2. The summed E-state index contributed by atoms with van der Waals surface area (Å²) in [4.78, 5) is 24.0. The van der Waals surface area contributed by atoms with Crippen molar-refractivity contribution in [3.63, 3.8) is 0 Å². The van der Waals surface area contributed by atoms with Crippen LogP contribution in [0.4, 0.5) is 0 Å². The van der Waals surface area contributed by atoms with E-state index in [-0.39, 0.29) is 18.6 Å². The number of benzene rings is 1. The first-order chi connectivity index (χ1) is 12.0. The molecule has 2 rings (SSSR count). The molecule has 0 aromatic heterocycles. The van der Waals surface area contributed by atoms with Gasteiger partial charge in [-0.1, -0.05) is 26.7 Å². The minimum atomic E-state index is -0.560. The van der Waals surface area contributed by atoms with Crippen LogP contribution in [0.3, 0.4) is 0 Å². The molecule has 25 heavy (non-hydrogen) atoms. The Morgan fingerprint density at radius 3 is 2.56 bits per heavy atom. The van der Waals surface area contributed by atoms with E-state index in [1.54, 1.807) is 18.2 Å². The smallest absolute Gasteiger partial charge is 0.338 e. The Morgan fingerprint density at radius 1 is 1.20 bits per heavy atom. The monoisotopic (exact) mass is 349 g/mol. The van der Waals surface area contributed by atoms with Gasteiger partial charge in [-0.05, 0) is 37.0 Å². The third kappa shape index (κ3) is 5.96. The van der Waals surface area contributed by atoms with Crippen molar-refractivity contribution in [1.82, 2.24) is 5.32 Å². The van der Waals surface area contributed by atoms with Gasteiger partial charge in [0, 0.05) is 6.04 Å². The van der Waals surface area contributed by atoms with Crippen LogP contribution in [0.15, 0.2) is 18.2 Å². The molecule has 6 heteroatoms. The van der Waals surface area contributed by atoms with Crippen LogP contribution in [0.2, 0.25) is 0 Å². The number of hydrogen-bond acceptors (Lipinski definition) is 5. The summed E-state index contributed by atoms with van der Waals surface area (Å²) in [5.74, 6) is 0.601. The van der Waals surface area contributed by atoms with Crippen LogP contribution in [0.5, 0.6) is 11.5 Å². The number of carbonyl (C=O) groups excluding carboxylic acids is 2. The van der Waals surface area contributed by atoms with Gasteiger partial charge in [0.1, 0.15) is 0 Å². The van der Waals surface area contributed by atoms with E-state index in [1.807, 2.05) is 0 Å². The van der Waals surface area contributed by atoms with Crippen molar-refractivity contribution < 1.29 is 23.8 Å². The maximum Gasteiger partial charge on any atom is 0.338 e. The predicted octanol–water partition coefficient (Wildman–Crippen LogP) is 2.95. The summed E-state index contributed by atoms with van der Waals surface area (Å²) in [6.45, 7) is 4.38. The Kier molecular flexibility index (Phi) is 7.10. The first-order valence-electron chi connectivity index (χ1n) is 8.77. The summed E-state index contributed by atoms with van der Waals surface area (Å²) in [7, 11) is 1.52. The van der Waals surface area contributed by atoms with Crippen molar-refractivity contribution in [2.75, 3.05) is 20.3 Å². The van der Waals surface area contributed by atoms with Crippen molar-refractivity contribution >= 4 is 11.9 Å². The van der Waals surface area contributed by atoms with Gasteiger partial charge in [-0.25, -0.2) is 4.79 Å². The molecule has 1 N–H and O–H groups in total. The summed E-state index contributed by atoms with van der Waals surface area (Å²) in [6, 6.07) is 5.06. The number of methoxy groups -OCH3 is 1. The highest BCUT2D eigenvalue weighted by atomic mass is 16.5. The van der Waals surface area contributed by atoms with E-state index in [0.717, 1.165) is 25.7 Å². The predicted molar refractivity (Wildman–Crippen MR) is 94.0 cm³/mol. The van der Waals surface area contributed by atoms with E-state index in [9.17, 15) is 9.59 Å². The van der Waals surface area contributed by atoms with Crippen LogP contribution in [-0.4, -0.2) is 38.2 Å². The quantitative estimate of drug-likeness (QED) is 0.731. The van der Waals surface area contributed by atoms with Crippen LogP contribution in [0, 0.1) is 5.92 Å².